The smallest absolute Gasteiger partial charge is 0.361 e. The van der Waals surface area contributed by atoms with E-state index >= 15 is 0 Å². The molecule has 0 bridgehead atoms. The zero-order valence-corrected chi connectivity index (χ0v) is 17.2. The topological polar surface area (TPSA) is 68.7 Å². The Kier molecular flexibility index (Phi) is 5.60. The van der Waals surface area contributed by atoms with Gasteiger partial charge in [-0.1, -0.05) is 23.8 Å². The van der Waals surface area contributed by atoms with Gasteiger partial charge in [0.1, 0.15) is 22.7 Å². The van der Waals surface area contributed by atoms with Crippen molar-refractivity contribution < 1.29 is 31.9 Å². The summed E-state index contributed by atoms with van der Waals surface area (Å²) < 4.78 is 68.7. The number of nitrogens with zero attached hydrogens (tertiary/aromatic N) is 3. The summed E-state index contributed by atoms with van der Waals surface area (Å²) in [5.41, 5.74) is -1.18. The van der Waals surface area contributed by atoms with Crippen molar-refractivity contribution in [3.05, 3.63) is 57.8 Å². The fourth-order valence-corrected chi connectivity index (χ4v) is 3.94. The molecule has 2 aliphatic rings. The molecule has 1 unspecified atom stereocenters. The molecule has 2 atom stereocenters. The minimum Gasteiger partial charge on any atom is -0.361 e. The maximum Gasteiger partial charge on any atom is 0.417 e. The number of anilines is 2. The zero-order chi connectivity index (χ0) is 23.4. The number of aromatic nitrogens is 1. The Labute approximate surface area is 183 Å². The molecule has 32 heavy (non-hydrogen) atoms. The maximum atomic E-state index is 14.4. The van der Waals surface area contributed by atoms with Crippen molar-refractivity contribution in [1.29, 1.82) is 0 Å². The number of carbonyl (C=O) groups excluding carboxylic acids is 1. The summed E-state index contributed by atoms with van der Waals surface area (Å²) in [4.78, 5) is 19.2. The Morgan fingerprint density at radius 2 is 2.06 bits per heavy atom. The standard InChI is InChI=1S/C20H16ClF5N4O2/c1-29(13-6-5-11(22)16(21)17(13)23)18(31)14-8-27-19(32)30(14)15-7-10(20(24,25)26)9-3-2-4-12(9)28-15/h2-3,5-7,14,19,27,32H,4,8H2,1H3/t14-,19?/m0/s1. The van der Waals surface area contributed by atoms with Crippen LogP contribution in [0.25, 0.3) is 6.08 Å². The molecule has 4 rings (SSSR count). The molecule has 2 aromatic rings. The fourth-order valence-electron chi connectivity index (χ4n) is 3.78. The number of likely N-dealkylation sites (N-methyl/N-ethyl adjacent to an activating group) is 1. The van der Waals surface area contributed by atoms with Crippen molar-refractivity contribution in [2.75, 3.05) is 23.4 Å². The lowest BCUT2D eigenvalue weighted by molar-refractivity contribution is -0.137. The Balaban J connectivity index is 1.72. The lowest BCUT2D eigenvalue weighted by atomic mass is 10.1. The minimum atomic E-state index is -4.68. The molecule has 1 saturated heterocycles. The second-order valence-electron chi connectivity index (χ2n) is 7.29. The first kappa shape index (κ1) is 22.4. The zero-order valence-electron chi connectivity index (χ0n) is 16.4. The summed E-state index contributed by atoms with van der Waals surface area (Å²) in [6.45, 7) is -0.154. The molecule has 0 spiro atoms. The number of rotatable bonds is 3. The van der Waals surface area contributed by atoms with Gasteiger partial charge in [0.05, 0.1) is 16.9 Å². The Morgan fingerprint density at radius 3 is 2.75 bits per heavy atom. The van der Waals surface area contributed by atoms with E-state index in [0.29, 0.717) is 0 Å². The number of hydrogen-bond donors (Lipinski definition) is 2. The second-order valence-corrected chi connectivity index (χ2v) is 7.67. The summed E-state index contributed by atoms with van der Waals surface area (Å²) in [7, 11) is 1.21. The monoisotopic (exact) mass is 474 g/mol. The number of carbonyl (C=O) groups is 1. The number of nitrogens with one attached hydrogen (secondary N) is 1. The van der Waals surface area contributed by atoms with E-state index in [2.05, 4.69) is 10.3 Å². The first-order valence-corrected chi connectivity index (χ1v) is 9.77. The van der Waals surface area contributed by atoms with E-state index in [1.807, 2.05) is 0 Å². The lowest BCUT2D eigenvalue weighted by Gasteiger charge is -2.30. The molecule has 1 fully saturated rings. The summed E-state index contributed by atoms with van der Waals surface area (Å²) in [5.74, 6) is -3.21. The highest BCUT2D eigenvalue weighted by Gasteiger charge is 2.42. The summed E-state index contributed by atoms with van der Waals surface area (Å²) in [5, 5.41) is 12.1. The molecular formula is C20H16ClF5N4O2. The van der Waals surface area contributed by atoms with Crippen LogP contribution in [0.15, 0.2) is 24.3 Å². The van der Waals surface area contributed by atoms with Gasteiger partial charge in [0, 0.05) is 25.6 Å². The van der Waals surface area contributed by atoms with E-state index in [4.69, 9.17) is 11.6 Å². The maximum absolute atomic E-state index is 14.4. The van der Waals surface area contributed by atoms with Crippen LogP contribution in [0, 0.1) is 11.6 Å². The van der Waals surface area contributed by atoms with E-state index in [0.717, 1.165) is 28.0 Å². The van der Waals surface area contributed by atoms with Crippen LogP contribution < -0.4 is 15.1 Å². The van der Waals surface area contributed by atoms with Gasteiger partial charge in [0.2, 0.25) is 0 Å². The van der Waals surface area contributed by atoms with Gasteiger partial charge in [-0.05, 0) is 18.2 Å². The third-order valence-electron chi connectivity index (χ3n) is 5.37. The van der Waals surface area contributed by atoms with Gasteiger partial charge in [0.25, 0.3) is 5.91 Å². The number of amides is 1. The lowest BCUT2D eigenvalue weighted by Crippen LogP contribution is -2.49. The van der Waals surface area contributed by atoms with Gasteiger partial charge in [-0.3, -0.25) is 10.1 Å². The molecule has 12 heteroatoms. The normalized spacial score (nSPS) is 20.1. The first-order valence-electron chi connectivity index (χ1n) is 9.39. The Morgan fingerprint density at radius 1 is 1.34 bits per heavy atom. The molecule has 1 aliphatic carbocycles. The summed E-state index contributed by atoms with van der Waals surface area (Å²) in [6.07, 6.45) is -3.17. The molecule has 170 valence electrons. The van der Waals surface area contributed by atoms with Crippen LogP contribution in [0.3, 0.4) is 0 Å². The molecule has 2 heterocycles. The van der Waals surface area contributed by atoms with Gasteiger partial charge in [-0.25, -0.2) is 13.8 Å². The molecule has 2 N–H and O–H groups in total. The average Bonchev–Trinajstić information content (AvgIpc) is 3.35. The van der Waals surface area contributed by atoms with E-state index < -0.39 is 46.7 Å². The number of halogens is 6. The number of allylic oxidation sites excluding steroid dienone is 1. The second kappa shape index (κ2) is 7.98. The van der Waals surface area contributed by atoms with Crippen molar-refractivity contribution in [3.63, 3.8) is 0 Å². The van der Waals surface area contributed by atoms with Crippen LogP contribution in [0.4, 0.5) is 33.5 Å². The number of aliphatic hydroxyl groups is 1. The predicted molar refractivity (Wildman–Crippen MR) is 107 cm³/mol. The molecule has 1 aromatic heterocycles. The van der Waals surface area contributed by atoms with Crippen LogP contribution in [0.1, 0.15) is 16.8 Å². The average molecular weight is 475 g/mol. The summed E-state index contributed by atoms with van der Waals surface area (Å²) in [6, 6.07) is 1.44. The Hall–Kier alpha value is -2.76. The number of pyridine rings is 1. The van der Waals surface area contributed by atoms with Gasteiger partial charge < -0.3 is 14.9 Å². The highest BCUT2D eigenvalue weighted by Crippen LogP contribution is 2.39. The van der Waals surface area contributed by atoms with Gasteiger partial charge >= 0.3 is 6.18 Å². The van der Waals surface area contributed by atoms with Crippen molar-refractivity contribution in [3.8, 4) is 0 Å². The van der Waals surface area contributed by atoms with Crippen LogP contribution in [-0.2, 0) is 17.4 Å². The predicted octanol–water partition coefficient (Wildman–Crippen LogP) is 3.32. The van der Waals surface area contributed by atoms with Crippen LogP contribution in [-0.4, -0.2) is 42.0 Å². The number of alkyl halides is 3. The highest BCUT2D eigenvalue weighted by atomic mass is 35.5. The van der Waals surface area contributed by atoms with Gasteiger partial charge in [-0.2, -0.15) is 13.2 Å². The molecule has 0 radical (unpaired) electrons. The van der Waals surface area contributed by atoms with Crippen molar-refractivity contribution in [2.45, 2.75) is 25.0 Å². The van der Waals surface area contributed by atoms with E-state index in [1.165, 1.54) is 19.2 Å². The highest BCUT2D eigenvalue weighted by molar-refractivity contribution is 6.31. The molecule has 1 aliphatic heterocycles. The van der Waals surface area contributed by atoms with Gasteiger partial charge in [-0.15, -0.1) is 0 Å². The van der Waals surface area contributed by atoms with Crippen molar-refractivity contribution in [1.82, 2.24) is 10.3 Å². The van der Waals surface area contributed by atoms with E-state index in [9.17, 15) is 31.9 Å². The van der Waals surface area contributed by atoms with Crippen LogP contribution in [0.2, 0.25) is 5.02 Å². The molecule has 0 saturated carbocycles. The number of aliphatic hydroxyl groups excluding tert-OH is 1. The molecule has 1 aromatic carbocycles. The van der Waals surface area contributed by atoms with E-state index in [1.54, 1.807) is 0 Å². The minimum absolute atomic E-state index is 0.0640. The largest absolute Gasteiger partial charge is 0.417 e. The third kappa shape index (κ3) is 3.70. The summed E-state index contributed by atoms with van der Waals surface area (Å²) >= 11 is 5.58. The molecule has 6 nitrogen and oxygen atoms in total. The first-order chi connectivity index (χ1) is 15.0. The van der Waals surface area contributed by atoms with Crippen molar-refractivity contribution in [2.24, 2.45) is 0 Å². The number of hydrogen-bond acceptors (Lipinski definition) is 5. The Bertz CT molecular complexity index is 1120. The fraction of sp³-hybridized carbons (Fsp3) is 0.300. The molecule has 1 amide bonds. The van der Waals surface area contributed by atoms with Gasteiger partial charge in [0.15, 0.2) is 12.2 Å². The van der Waals surface area contributed by atoms with Crippen LogP contribution in [0.5, 0.6) is 0 Å². The molecular weight excluding hydrogens is 459 g/mol. The van der Waals surface area contributed by atoms with Crippen LogP contribution >= 0.6 is 11.6 Å². The number of benzene rings is 1. The van der Waals surface area contributed by atoms with E-state index in [-0.39, 0.29) is 35.7 Å². The SMILES string of the molecule is CN(C(=O)[C@@H]1CNC(O)N1c1cc(C(F)(F)F)c2c(n1)CC=C2)c1ccc(F)c(Cl)c1F. The quantitative estimate of drug-likeness (QED) is 0.528. The van der Waals surface area contributed by atoms with Crippen molar-refractivity contribution >= 4 is 35.1 Å². The third-order valence-corrected chi connectivity index (χ3v) is 5.72. The number of fused-ring (bicyclic) bond motifs is 1.